The van der Waals surface area contributed by atoms with Crippen molar-refractivity contribution >= 4 is 22.8 Å². The van der Waals surface area contributed by atoms with Crippen molar-refractivity contribution in [2.75, 3.05) is 6.54 Å². The molecule has 1 atom stereocenters. The third-order valence-electron chi connectivity index (χ3n) is 4.06. The number of aliphatic carboxylic acids is 1. The lowest BCUT2D eigenvalue weighted by molar-refractivity contribution is -0.305. The van der Waals surface area contributed by atoms with Crippen molar-refractivity contribution in [2.45, 2.75) is 18.9 Å². The summed E-state index contributed by atoms with van der Waals surface area (Å²) in [6.45, 7) is 0.145. The molecular weight excluding hydrogens is 348 g/mol. The number of fused-ring (bicyclic) bond motifs is 1. The minimum atomic E-state index is -1.18. The van der Waals surface area contributed by atoms with Crippen molar-refractivity contribution in [1.29, 1.82) is 0 Å². The van der Waals surface area contributed by atoms with Crippen molar-refractivity contribution < 1.29 is 14.7 Å². The van der Waals surface area contributed by atoms with Gasteiger partial charge in [-0.3, -0.25) is 9.59 Å². The highest BCUT2D eigenvalue weighted by Crippen LogP contribution is 2.17. The Morgan fingerprint density at radius 1 is 1.07 bits per heavy atom. The van der Waals surface area contributed by atoms with Crippen LogP contribution >= 0.6 is 0 Å². The van der Waals surface area contributed by atoms with E-state index in [0.29, 0.717) is 16.5 Å². The van der Waals surface area contributed by atoms with E-state index < -0.39 is 23.5 Å². The van der Waals surface area contributed by atoms with Crippen molar-refractivity contribution in [1.82, 2.24) is 20.3 Å². The summed E-state index contributed by atoms with van der Waals surface area (Å²) < 4.78 is 1.05. The van der Waals surface area contributed by atoms with E-state index in [-0.39, 0.29) is 19.4 Å². The van der Waals surface area contributed by atoms with Gasteiger partial charge in [-0.2, -0.15) is 4.68 Å². The number of amides is 1. The lowest BCUT2D eigenvalue weighted by atomic mass is 10.1. The second-order valence-corrected chi connectivity index (χ2v) is 5.94. The molecule has 0 bridgehead atoms. The van der Waals surface area contributed by atoms with Gasteiger partial charge in [0.05, 0.1) is 5.39 Å². The molecule has 3 aromatic rings. The van der Waals surface area contributed by atoms with Gasteiger partial charge in [0.15, 0.2) is 6.04 Å². The SMILES string of the molecule is O=C([O-])CCCNC(=O)[C@H](c1ccccc1)n1nnc2ccccc2c1=O. The summed E-state index contributed by atoms with van der Waals surface area (Å²) >= 11 is 0. The first-order chi connectivity index (χ1) is 13.1. The summed E-state index contributed by atoms with van der Waals surface area (Å²) in [6.07, 6.45) is 0.0693. The Morgan fingerprint density at radius 3 is 2.52 bits per heavy atom. The molecule has 1 heterocycles. The van der Waals surface area contributed by atoms with Crippen molar-refractivity contribution in [3.05, 3.63) is 70.5 Å². The normalized spacial score (nSPS) is 11.9. The summed E-state index contributed by atoms with van der Waals surface area (Å²) in [5.41, 5.74) is 0.584. The van der Waals surface area contributed by atoms with E-state index in [2.05, 4.69) is 15.6 Å². The molecule has 0 saturated heterocycles. The van der Waals surface area contributed by atoms with Crippen LogP contribution in [0.5, 0.6) is 0 Å². The van der Waals surface area contributed by atoms with Gasteiger partial charge in [0, 0.05) is 12.5 Å². The zero-order chi connectivity index (χ0) is 19.2. The van der Waals surface area contributed by atoms with Gasteiger partial charge >= 0.3 is 0 Å². The first-order valence-corrected chi connectivity index (χ1v) is 8.44. The topological polar surface area (TPSA) is 117 Å². The fourth-order valence-corrected chi connectivity index (χ4v) is 2.75. The molecule has 0 aliphatic carbocycles. The highest BCUT2D eigenvalue weighted by Gasteiger charge is 2.25. The number of hydrogen-bond acceptors (Lipinski definition) is 6. The average molecular weight is 365 g/mol. The molecule has 0 radical (unpaired) electrons. The van der Waals surface area contributed by atoms with E-state index >= 15 is 0 Å². The maximum atomic E-state index is 12.9. The molecule has 138 valence electrons. The van der Waals surface area contributed by atoms with Gasteiger partial charge in [0.25, 0.3) is 5.56 Å². The zero-order valence-electron chi connectivity index (χ0n) is 14.4. The van der Waals surface area contributed by atoms with E-state index in [1.54, 1.807) is 54.6 Å². The molecule has 1 amide bonds. The van der Waals surface area contributed by atoms with Gasteiger partial charge in [-0.25, -0.2) is 0 Å². The van der Waals surface area contributed by atoms with Gasteiger partial charge in [-0.15, -0.1) is 5.10 Å². The Bertz CT molecular complexity index is 1020. The van der Waals surface area contributed by atoms with Crippen molar-refractivity contribution in [2.24, 2.45) is 0 Å². The Hall–Kier alpha value is -3.55. The third-order valence-corrected chi connectivity index (χ3v) is 4.06. The predicted octanol–water partition coefficient (Wildman–Crippen LogP) is 0.0272. The molecule has 3 rings (SSSR count). The summed E-state index contributed by atoms with van der Waals surface area (Å²) in [5.74, 6) is -1.65. The summed E-state index contributed by atoms with van der Waals surface area (Å²) in [5, 5.41) is 21.5. The molecule has 0 fully saturated rings. The van der Waals surface area contributed by atoms with Gasteiger partial charge in [-0.05, 0) is 30.5 Å². The monoisotopic (exact) mass is 365 g/mol. The number of carbonyl (C=O) groups is 2. The molecular formula is C19H17N4O4-. The van der Waals surface area contributed by atoms with Gasteiger partial charge in [-0.1, -0.05) is 47.7 Å². The van der Waals surface area contributed by atoms with E-state index in [9.17, 15) is 19.5 Å². The number of carbonyl (C=O) groups excluding carboxylic acids is 2. The van der Waals surface area contributed by atoms with Crippen LogP contribution in [0.2, 0.25) is 0 Å². The maximum Gasteiger partial charge on any atom is 0.278 e. The molecule has 0 aliphatic heterocycles. The van der Waals surface area contributed by atoms with Crippen LogP contribution in [0.4, 0.5) is 0 Å². The van der Waals surface area contributed by atoms with Crippen molar-refractivity contribution in [3.63, 3.8) is 0 Å². The molecule has 1 aromatic heterocycles. The summed E-state index contributed by atoms with van der Waals surface area (Å²) in [4.78, 5) is 36.1. The second kappa shape index (κ2) is 8.22. The molecule has 0 unspecified atom stereocenters. The lowest BCUT2D eigenvalue weighted by Crippen LogP contribution is -2.40. The number of hydrogen-bond donors (Lipinski definition) is 1. The maximum absolute atomic E-state index is 12.9. The van der Waals surface area contributed by atoms with Crippen LogP contribution in [-0.4, -0.2) is 33.4 Å². The number of nitrogens with zero attached hydrogens (tertiary/aromatic N) is 3. The number of carboxylic acid groups (broad SMARTS) is 1. The first kappa shape index (κ1) is 18.2. The zero-order valence-corrected chi connectivity index (χ0v) is 14.4. The molecule has 27 heavy (non-hydrogen) atoms. The highest BCUT2D eigenvalue weighted by molar-refractivity contribution is 5.84. The molecule has 8 nitrogen and oxygen atoms in total. The Balaban J connectivity index is 1.96. The predicted molar refractivity (Wildman–Crippen MR) is 95.6 cm³/mol. The average Bonchev–Trinajstić information content (AvgIpc) is 2.68. The third kappa shape index (κ3) is 4.17. The molecule has 0 spiro atoms. The number of carboxylic acids is 1. The Labute approximate surface area is 154 Å². The van der Waals surface area contributed by atoms with E-state index in [1.165, 1.54) is 0 Å². The van der Waals surface area contributed by atoms with E-state index in [0.717, 1.165) is 4.68 Å². The molecule has 0 saturated carbocycles. The number of rotatable bonds is 7. The van der Waals surface area contributed by atoms with Gasteiger partial charge in [0.2, 0.25) is 5.91 Å². The van der Waals surface area contributed by atoms with Crippen LogP contribution in [0, 0.1) is 0 Å². The first-order valence-electron chi connectivity index (χ1n) is 8.44. The number of nitrogens with one attached hydrogen (secondary N) is 1. The minimum absolute atomic E-state index is 0.145. The molecule has 0 aliphatic rings. The molecule has 2 aromatic carbocycles. The molecule has 8 heteroatoms. The molecule has 1 N–H and O–H groups in total. The highest BCUT2D eigenvalue weighted by atomic mass is 16.4. The van der Waals surface area contributed by atoms with E-state index in [1.807, 2.05) is 0 Å². The standard InChI is InChI=1S/C19H18N4O4/c24-16(25)11-6-12-20-18(26)17(13-7-2-1-3-8-13)23-19(27)14-9-4-5-10-15(14)21-22-23/h1-5,7-10,17H,6,11-12H2,(H,20,26)(H,24,25)/p-1/t17-/m0/s1. The van der Waals surface area contributed by atoms with Crippen LogP contribution < -0.4 is 16.0 Å². The Kier molecular flexibility index (Phi) is 5.55. The van der Waals surface area contributed by atoms with Gasteiger partial charge < -0.3 is 15.2 Å². The van der Waals surface area contributed by atoms with Crippen LogP contribution in [0.25, 0.3) is 10.9 Å². The largest absolute Gasteiger partial charge is 0.550 e. The lowest BCUT2D eigenvalue weighted by Gasteiger charge is -2.18. The van der Waals surface area contributed by atoms with Crippen LogP contribution in [0.1, 0.15) is 24.4 Å². The van der Waals surface area contributed by atoms with E-state index in [4.69, 9.17) is 0 Å². The number of benzene rings is 2. The van der Waals surface area contributed by atoms with Gasteiger partial charge in [0.1, 0.15) is 5.52 Å². The van der Waals surface area contributed by atoms with Crippen molar-refractivity contribution in [3.8, 4) is 0 Å². The van der Waals surface area contributed by atoms with Crippen LogP contribution in [0.15, 0.2) is 59.4 Å². The second-order valence-electron chi connectivity index (χ2n) is 5.94. The quantitative estimate of drug-likeness (QED) is 0.590. The smallest absolute Gasteiger partial charge is 0.278 e. The van der Waals surface area contributed by atoms with Crippen LogP contribution in [-0.2, 0) is 9.59 Å². The fraction of sp³-hybridized carbons (Fsp3) is 0.211. The Morgan fingerprint density at radius 2 is 1.78 bits per heavy atom. The minimum Gasteiger partial charge on any atom is -0.550 e. The van der Waals surface area contributed by atoms with Crippen LogP contribution in [0.3, 0.4) is 0 Å². The number of aromatic nitrogens is 3. The fourth-order valence-electron chi connectivity index (χ4n) is 2.75. The summed E-state index contributed by atoms with van der Waals surface area (Å²) in [6, 6.07) is 14.5. The summed E-state index contributed by atoms with van der Waals surface area (Å²) in [7, 11) is 0.